The first-order valence-electron chi connectivity index (χ1n) is 7.57. The lowest BCUT2D eigenvalue weighted by Gasteiger charge is -2.35. The van der Waals surface area contributed by atoms with Crippen LogP contribution in [0.1, 0.15) is 45.1 Å². The summed E-state index contributed by atoms with van der Waals surface area (Å²) in [5, 5.41) is 3.76. The van der Waals surface area contributed by atoms with Crippen LogP contribution in [0.4, 0.5) is 0 Å². The summed E-state index contributed by atoms with van der Waals surface area (Å²) in [6.07, 6.45) is 5.46. The number of nitrogens with one attached hydrogen (secondary N) is 1. The van der Waals surface area contributed by atoms with Gasteiger partial charge >= 0.3 is 0 Å². The van der Waals surface area contributed by atoms with E-state index in [1.165, 1.54) is 31.2 Å². The van der Waals surface area contributed by atoms with Crippen LogP contribution < -0.4 is 10.1 Å². The monoisotopic (exact) mass is 261 g/mol. The van der Waals surface area contributed by atoms with E-state index >= 15 is 0 Å². The van der Waals surface area contributed by atoms with Crippen LogP contribution in [0.2, 0.25) is 0 Å². The molecule has 1 aliphatic rings. The standard InChI is InChI=1S/C17H27NO/c1-13(2)15-9-5-6-10-16(15)18-12-14-8-4-7-11-17(14)19-3/h4,7-8,11,13,15-16,18H,5-6,9-10,12H2,1-3H3. The fraction of sp³-hybridized carbons (Fsp3) is 0.647. The van der Waals surface area contributed by atoms with Crippen LogP contribution >= 0.6 is 0 Å². The Balaban J connectivity index is 1.96. The number of benzene rings is 1. The van der Waals surface area contributed by atoms with E-state index in [2.05, 4.69) is 31.3 Å². The van der Waals surface area contributed by atoms with Gasteiger partial charge in [0.25, 0.3) is 0 Å². The highest BCUT2D eigenvalue weighted by molar-refractivity contribution is 5.33. The van der Waals surface area contributed by atoms with Crippen molar-refractivity contribution in [3.05, 3.63) is 29.8 Å². The second-order valence-corrected chi connectivity index (χ2v) is 5.99. The minimum atomic E-state index is 0.665. The van der Waals surface area contributed by atoms with Crippen molar-refractivity contribution in [2.75, 3.05) is 7.11 Å². The quantitative estimate of drug-likeness (QED) is 0.865. The molecule has 2 unspecified atom stereocenters. The summed E-state index contributed by atoms with van der Waals surface area (Å²) in [6, 6.07) is 8.97. The Morgan fingerprint density at radius 1 is 1.21 bits per heavy atom. The third-order valence-corrected chi connectivity index (χ3v) is 4.42. The van der Waals surface area contributed by atoms with Crippen LogP contribution in [0.15, 0.2) is 24.3 Å². The Morgan fingerprint density at radius 2 is 1.95 bits per heavy atom. The van der Waals surface area contributed by atoms with Crippen molar-refractivity contribution in [2.45, 2.75) is 52.1 Å². The van der Waals surface area contributed by atoms with Crippen LogP contribution in [0.3, 0.4) is 0 Å². The Bertz CT molecular complexity index is 389. The van der Waals surface area contributed by atoms with Crippen molar-refractivity contribution < 1.29 is 4.74 Å². The summed E-state index contributed by atoms with van der Waals surface area (Å²) in [4.78, 5) is 0. The van der Waals surface area contributed by atoms with E-state index in [4.69, 9.17) is 4.74 Å². The lowest BCUT2D eigenvalue weighted by atomic mass is 9.78. The predicted molar refractivity (Wildman–Crippen MR) is 80.4 cm³/mol. The molecule has 1 aromatic rings. The zero-order valence-corrected chi connectivity index (χ0v) is 12.5. The van der Waals surface area contributed by atoms with Crippen molar-refractivity contribution in [1.82, 2.24) is 5.32 Å². The van der Waals surface area contributed by atoms with E-state index in [0.717, 1.165) is 24.1 Å². The first-order chi connectivity index (χ1) is 9.22. The van der Waals surface area contributed by atoms with Crippen LogP contribution in [0.5, 0.6) is 5.75 Å². The molecular weight excluding hydrogens is 234 g/mol. The van der Waals surface area contributed by atoms with Gasteiger partial charge in [0.15, 0.2) is 0 Å². The van der Waals surface area contributed by atoms with Gasteiger partial charge in [0.1, 0.15) is 5.75 Å². The number of para-hydroxylation sites is 1. The van der Waals surface area contributed by atoms with E-state index in [9.17, 15) is 0 Å². The van der Waals surface area contributed by atoms with Crippen LogP contribution in [-0.4, -0.2) is 13.2 Å². The van der Waals surface area contributed by atoms with Crippen LogP contribution in [-0.2, 0) is 6.54 Å². The highest BCUT2D eigenvalue weighted by Gasteiger charge is 2.27. The first-order valence-corrected chi connectivity index (χ1v) is 7.57. The van der Waals surface area contributed by atoms with E-state index in [1.54, 1.807) is 7.11 Å². The number of hydrogen-bond acceptors (Lipinski definition) is 2. The van der Waals surface area contributed by atoms with Crippen molar-refractivity contribution >= 4 is 0 Å². The van der Waals surface area contributed by atoms with Gasteiger partial charge < -0.3 is 10.1 Å². The second kappa shape index (κ2) is 6.95. The fourth-order valence-electron chi connectivity index (χ4n) is 3.30. The van der Waals surface area contributed by atoms with Gasteiger partial charge in [-0.25, -0.2) is 0 Å². The second-order valence-electron chi connectivity index (χ2n) is 5.99. The molecule has 0 heterocycles. The van der Waals surface area contributed by atoms with Gasteiger partial charge in [-0.15, -0.1) is 0 Å². The van der Waals surface area contributed by atoms with E-state index in [-0.39, 0.29) is 0 Å². The van der Waals surface area contributed by atoms with Crippen molar-refractivity contribution in [3.63, 3.8) is 0 Å². The summed E-state index contributed by atoms with van der Waals surface area (Å²) in [7, 11) is 1.75. The van der Waals surface area contributed by atoms with Gasteiger partial charge in [-0.3, -0.25) is 0 Å². The maximum atomic E-state index is 5.42. The molecule has 2 nitrogen and oxygen atoms in total. The minimum Gasteiger partial charge on any atom is -0.496 e. The number of hydrogen-bond donors (Lipinski definition) is 1. The molecule has 0 radical (unpaired) electrons. The van der Waals surface area contributed by atoms with Crippen molar-refractivity contribution in [3.8, 4) is 5.75 Å². The van der Waals surface area contributed by atoms with E-state index in [0.29, 0.717) is 6.04 Å². The molecule has 1 aromatic carbocycles. The summed E-state index contributed by atoms with van der Waals surface area (Å²) >= 11 is 0. The average molecular weight is 261 g/mol. The van der Waals surface area contributed by atoms with Crippen molar-refractivity contribution in [2.24, 2.45) is 11.8 Å². The molecule has 2 atom stereocenters. The average Bonchev–Trinajstić information content (AvgIpc) is 2.45. The summed E-state index contributed by atoms with van der Waals surface area (Å²) < 4.78 is 5.42. The Kier molecular flexibility index (Phi) is 5.26. The molecule has 0 aromatic heterocycles. The Morgan fingerprint density at radius 3 is 2.68 bits per heavy atom. The maximum absolute atomic E-state index is 5.42. The topological polar surface area (TPSA) is 21.3 Å². The number of rotatable bonds is 5. The smallest absolute Gasteiger partial charge is 0.123 e. The van der Waals surface area contributed by atoms with Gasteiger partial charge in [0, 0.05) is 18.2 Å². The van der Waals surface area contributed by atoms with E-state index in [1.807, 2.05) is 12.1 Å². The molecule has 1 saturated carbocycles. The lowest BCUT2D eigenvalue weighted by Crippen LogP contribution is -2.40. The van der Waals surface area contributed by atoms with Crippen molar-refractivity contribution in [1.29, 1.82) is 0 Å². The molecule has 0 saturated heterocycles. The zero-order chi connectivity index (χ0) is 13.7. The third-order valence-electron chi connectivity index (χ3n) is 4.42. The molecule has 0 bridgehead atoms. The molecule has 1 fully saturated rings. The number of methoxy groups -OCH3 is 1. The van der Waals surface area contributed by atoms with Gasteiger partial charge in [0.05, 0.1) is 7.11 Å². The SMILES string of the molecule is COc1ccccc1CNC1CCCCC1C(C)C. The molecule has 0 spiro atoms. The summed E-state index contributed by atoms with van der Waals surface area (Å²) in [6.45, 7) is 5.62. The van der Waals surface area contributed by atoms with Gasteiger partial charge in [-0.2, -0.15) is 0 Å². The molecule has 1 aliphatic carbocycles. The molecule has 106 valence electrons. The Labute approximate surface area is 117 Å². The maximum Gasteiger partial charge on any atom is 0.123 e. The van der Waals surface area contributed by atoms with Crippen LogP contribution in [0, 0.1) is 11.8 Å². The van der Waals surface area contributed by atoms with Crippen LogP contribution in [0.25, 0.3) is 0 Å². The largest absolute Gasteiger partial charge is 0.496 e. The molecule has 19 heavy (non-hydrogen) atoms. The Hall–Kier alpha value is -1.02. The molecular formula is C17H27NO. The zero-order valence-electron chi connectivity index (χ0n) is 12.5. The third kappa shape index (κ3) is 3.73. The first kappa shape index (κ1) is 14.4. The van der Waals surface area contributed by atoms with Gasteiger partial charge in [-0.05, 0) is 30.7 Å². The van der Waals surface area contributed by atoms with Gasteiger partial charge in [-0.1, -0.05) is 44.9 Å². The molecule has 0 amide bonds. The normalized spacial score (nSPS) is 23.6. The number of ether oxygens (including phenoxy) is 1. The molecule has 2 heteroatoms. The highest BCUT2D eigenvalue weighted by Crippen LogP contribution is 2.30. The minimum absolute atomic E-state index is 0.665. The molecule has 2 rings (SSSR count). The van der Waals surface area contributed by atoms with E-state index < -0.39 is 0 Å². The predicted octanol–water partition coefficient (Wildman–Crippen LogP) is 4.00. The molecule has 1 N–H and O–H groups in total. The molecule has 0 aliphatic heterocycles. The summed E-state index contributed by atoms with van der Waals surface area (Å²) in [5.74, 6) is 2.59. The van der Waals surface area contributed by atoms with Gasteiger partial charge in [0.2, 0.25) is 0 Å². The highest BCUT2D eigenvalue weighted by atomic mass is 16.5. The lowest BCUT2D eigenvalue weighted by molar-refractivity contribution is 0.204. The summed E-state index contributed by atoms with van der Waals surface area (Å²) in [5.41, 5.74) is 1.26. The fourth-order valence-corrected chi connectivity index (χ4v) is 3.30.